The molecule has 104 valence electrons. The second kappa shape index (κ2) is 5.17. The van der Waals surface area contributed by atoms with Gasteiger partial charge in [-0.1, -0.05) is 6.07 Å². The number of carbonyl (C=O) groups is 1. The van der Waals surface area contributed by atoms with Gasteiger partial charge in [0.15, 0.2) is 0 Å². The first kappa shape index (κ1) is 13.0. The van der Waals surface area contributed by atoms with Crippen molar-refractivity contribution in [1.29, 1.82) is 0 Å². The molecular formula is C15H16N2O2S. The molecule has 0 saturated carbocycles. The molecular weight excluding hydrogens is 272 g/mol. The van der Waals surface area contributed by atoms with E-state index in [1.165, 1.54) is 10.4 Å². The van der Waals surface area contributed by atoms with Crippen LogP contribution >= 0.6 is 11.3 Å². The Morgan fingerprint density at radius 3 is 3.05 bits per heavy atom. The van der Waals surface area contributed by atoms with E-state index in [2.05, 4.69) is 11.4 Å². The first-order chi connectivity index (χ1) is 9.70. The Morgan fingerprint density at radius 2 is 2.25 bits per heavy atom. The van der Waals surface area contributed by atoms with E-state index in [0.717, 1.165) is 13.0 Å². The molecule has 2 heterocycles. The normalized spacial score (nSPS) is 13.9. The molecule has 1 aromatic heterocycles. The largest absolute Gasteiger partial charge is 0.495 e. The second-order valence-electron chi connectivity index (χ2n) is 4.77. The number of thiophene rings is 1. The molecule has 0 unspecified atom stereocenters. The van der Waals surface area contributed by atoms with Gasteiger partial charge in [0.05, 0.1) is 18.4 Å². The molecule has 2 N–H and O–H groups in total. The first-order valence-corrected chi connectivity index (χ1v) is 7.35. The molecule has 2 aromatic rings. The lowest BCUT2D eigenvalue weighted by Gasteiger charge is -2.27. The van der Waals surface area contributed by atoms with Crippen molar-refractivity contribution >= 4 is 22.9 Å². The molecule has 0 saturated heterocycles. The summed E-state index contributed by atoms with van der Waals surface area (Å²) in [7, 11) is 1.55. The molecule has 0 spiro atoms. The average molecular weight is 288 g/mol. The van der Waals surface area contributed by atoms with E-state index in [1.54, 1.807) is 36.6 Å². The number of hydrogen-bond acceptors (Lipinski definition) is 4. The highest BCUT2D eigenvalue weighted by molar-refractivity contribution is 7.10. The minimum absolute atomic E-state index is 0.0294. The van der Waals surface area contributed by atoms with Gasteiger partial charge in [0.25, 0.3) is 5.91 Å². The van der Waals surface area contributed by atoms with Gasteiger partial charge >= 0.3 is 0 Å². The van der Waals surface area contributed by atoms with Crippen LogP contribution in [0.3, 0.4) is 0 Å². The van der Waals surface area contributed by atoms with Gasteiger partial charge in [-0.25, -0.2) is 0 Å². The summed E-state index contributed by atoms with van der Waals surface area (Å²) in [6, 6.07) is 7.40. The number of benzene rings is 1. The minimum Gasteiger partial charge on any atom is -0.495 e. The molecule has 1 amide bonds. The summed E-state index contributed by atoms with van der Waals surface area (Å²) >= 11 is 1.76. The number of nitrogen functional groups attached to an aromatic ring is 1. The highest BCUT2D eigenvalue weighted by atomic mass is 32.1. The quantitative estimate of drug-likeness (QED) is 0.864. The van der Waals surface area contributed by atoms with E-state index >= 15 is 0 Å². The van der Waals surface area contributed by atoms with Crippen molar-refractivity contribution in [3.63, 3.8) is 0 Å². The number of amides is 1. The molecule has 0 atom stereocenters. The van der Waals surface area contributed by atoms with Crippen molar-refractivity contribution in [3.8, 4) is 5.75 Å². The van der Waals surface area contributed by atoms with E-state index < -0.39 is 0 Å². The summed E-state index contributed by atoms with van der Waals surface area (Å²) in [5.41, 5.74) is 8.18. The monoisotopic (exact) mass is 288 g/mol. The maximum absolute atomic E-state index is 12.6. The molecule has 1 aliphatic rings. The zero-order valence-electron chi connectivity index (χ0n) is 11.3. The Bertz CT molecular complexity index is 651. The SMILES string of the molecule is COc1cccc(C(=O)N2CCc3sccc3C2)c1N. The Morgan fingerprint density at radius 1 is 1.40 bits per heavy atom. The zero-order chi connectivity index (χ0) is 14.1. The lowest BCUT2D eigenvalue weighted by atomic mass is 10.1. The smallest absolute Gasteiger partial charge is 0.256 e. The summed E-state index contributed by atoms with van der Waals surface area (Å²) in [5.74, 6) is 0.516. The Kier molecular flexibility index (Phi) is 3.36. The van der Waals surface area contributed by atoms with Crippen molar-refractivity contribution in [1.82, 2.24) is 4.90 Å². The Labute approximate surface area is 121 Å². The van der Waals surface area contributed by atoms with Gasteiger partial charge in [0.1, 0.15) is 5.75 Å². The van der Waals surface area contributed by atoms with Crippen LogP contribution in [0.1, 0.15) is 20.8 Å². The second-order valence-corrected chi connectivity index (χ2v) is 5.77. The summed E-state index contributed by atoms with van der Waals surface area (Å²) in [5, 5.41) is 2.08. The fourth-order valence-corrected chi connectivity index (χ4v) is 3.39. The number of ether oxygens (including phenoxy) is 1. The van der Waals surface area contributed by atoms with Gasteiger partial charge < -0.3 is 15.4 Å². The third kappa shape index (κ3) is 2.14. The van der Waals surface area contributed by atoms with Crippen LogP contribution in [0, 0.1) is 0 Å². The molecule has 5 heteroatoms. The van der Waals surface area contributed by atoms with E-state index in [9.17, 15) is 4.79 Å². The van der Waals surface area contributed by atoms with Gasteiger partial charge in [-0.2, -0.15) is 0 Å². The third-order valence-corrected chi connectivity index (χ3v) is 4.63. The molecule has 0 radical (unpaired) electrons. The predicted molar refractivity (Wildman–Crippen MR) is 80.2 cm³/mol. The number of nitrogens with two attached hydrogens (primary N) is 1. The van der Waals surface area contributed by atoms with Gasteiger partial charge in [0, 0.05) is 18.0 Å². The van der Waals surface area contributed by atoms with Crippen molar-refractivity contribution in [2.75, 3.05) is 19.4 Å². The third-order valence-electron chi connectivity index (χ3n) is 3.61. The van der Waals surface area contributed by atoms with Crippen LogP contribution in [0.25, 0.3) is 0 Å². The van der Waals surface area contributed by atoms with Crippen LogP contribution in [0.5, 0.6) is 5.75 Å². The molecule has 20 heavy (non-hydrogen) atoms. The van der Waals surface area contributed by atoms with Crippen LogP contribution in [0.15, 0.2) is 29.6 Å². The fraction of sp³-hybridized carbons (Fsp3) is 0.267. The number of fused-ring (bicyclic) bond motifs is 1. The number of methoxy groups -OCH3 is 1. The average Bonchev–Trinajstić information content (AvgIpc) is 2.94. The van der Waals surface area contributed by atoms with Crippen molar-refractivity contribution in [2.24, 2.45) is 0 Å². The zero-order valence-corrected chi connectivity index (χ0v) is 12.1. The summed E-state index contributed by atoms with van der Waals surface area (Å²) in [4.78, 5) is 15.8. The van der Waals surface area contributed by atoms with E-state index in [-0.39, 0.29) is 5.91 Å². The number of anilines is 1. The molecule has 0 fully saturated rings. The summed E-state index contributed by atoms with van der Waals surface area (Å²) < 4.78 is 5.17. The van der Waals surface area contributed by atoms with Crippen LogP contribution in [0.2, 0.25) is 0 Å². The van der Waals surface area contributed by atoms with Crippen molar-refractivity contribution < 1.29 is 9.53 Å². The fourth-order valence-electron chi connectivity index (χ4n) is 2.50. The van der Waals surface area contributed by atoms with Crippen LogP contribution in [-0.2, 0) is 13.0 Å². The van der Waals surface area contributed by atoms with Gasteiger partial charge in [0.2, 0.25) is 0 Å². The highest BCUT2D eigenvalue weighted by Crippen LogP contribution is 2.29. The van der Waals surface area contributed by atoms with Crippen LogP contribution < -0.4 is 10.5 Å². The van der Waals surface area contributed by atoms with E-state index in [1.807, 2.05) is 4.90 Å². The van der Waals surface area contributed by atoms with Gasteiger partial charge in [-0.15, -0.1) is 11.3 Å². The lowest BCUT2D eigenvalue weighted by molar-refractivity contribution is 0.0736. The van der Waals surface area contributed by atoms with Crippen molar-refractivity contribution in [3.05, 3.63) is 45.6 Å². The number of para-hydroxylation sites is 1. The van der Waals surface area contributed by atoms with E-state index in [4.69, 9.17) is 10.5 Å². The Balaban J connectivity index is 1.87. The van der Waals surface area contributed by atoms with E-state index in [0.29, 0.717) is 23.5 Å². The molecule has 0 aliphatic carbocycles. The molecule has 4 nitrogen and oxygen atoms in total. The van der Waals surface area contributed by atoms with Crippen LogP contribution in [0.4, 0.5) is 5.69 Å². The molecule has 3 rings (SSSR count). The molecule has 1 aliphatic heterocycles. The molecule has 1 aromatic carbocycles. The number of nitrogens with zero attached hydrogens (tertiary/aromatic N) is 1. The molecule has 0 bridgehead atoms. The summed E-state index contributed by atoms with van der Waals surface area (Å²) in [6.07, 6.45) is 0.919. The maximum atomic E-state index is 12.6. The topological polar surface area (TPSA) is 55.6 Å². The standard InChI is InChI=1S/C15H16N2O2S/c1-19-12-4-2-3-11(14(12)16)15(18)17-7-5-13-10(9-17)6-8-20-13/h2-4,6,8H,5,7,9,16H2,1H3. The predicted octanol–water partition coefficient (Wildman–Crippen LogP) is 2.54. The van der Waals surface area contributed by atoms with Gasteiger partial charge in [-0.05, 0) is 35.6 Å². The van der Waals surface area contributed by atoms with Crippen molar-refractivity contribution in [2.45, 2.75) is 13.0 Å². The minimum atomic E-state index is -0.0294. The number of rotatable bonds is 2. The first-order valence-electron chi connectivity index (χ1n) is 6.47. The number of carbonyl (C=O) groups excluding carboxylic acids is 1. The Hall–Kier alpha value is -2.01. The van der Waals surface area contributed by atoms with Crippen LogP contribution in [-0.4, -0.2) is 24.5 Å². The maximum Gasteiger partial charge on any atom is 0.256 e. The van der Waals surface area contributed by atoms with Gasteiger partial charge in [-0.3, -0.25) is 4.79 Å². The highest BCUT2D eigenvalue weighted by Gasteiger charge is 2.24. The lowest BCUT2D eigenvalue weighted by Crippen LogP contribution is -2.35. The number of hydrogen-bond donors (Lipinski definition) is 1. The summed E-state index contributed by atoms with van der Waals surface area (Å²) in [6.45, 7) is 1.40.